The number of pyridine rings is 1. The summed E-state index contributed by atoms with van der Waals surface area (Å²) in [4.78, 5) is 14.8. The maximum Gasteiger partial charge on any atom is 0.249 e. The van der Waals surface area contributed by atoms with Gasteiger partial charge in [0.25, 0.3) is 0 Å². The zero-order chi connectivity index (χ0) is 8.43. The number of primary amides is 1. The van der Waals surface area contributed by atoms with Gasteiger partial charge in [-0.15, -0.1) is 0 Å². The third kappa shape index (κ3) is 1.37. The molecule has 0 fully saturated rings. The average molecular weight is 150 g/mol. The fourth-order valence-corrected chi connectivity index (χ4v) is 1.09. The highest BCUT2D eigenvalue weighted by atomic mass is 16.1. The minimum atomic E-state index is -0.387. The molecule has 1 amide bonds. The summed E-state index contributed by atoms with van der Waals surface area (Å²) in [5.41, 5.74) is 7.39. The standard InChI is InChI=1S/C8H10N2O/c1-5-3-10-4-6(2)7(5)8(9)11/h3-4H,1-2H3,(H2,9,11). The number of carbonyl (C=O) groups excluding carboxylic acids is 1. The molecule has 0 bridgehead atoms. The van der Waals surface area contributed by atoms with Crippen molar-refractivity contribution in [2.75, 3.05) is 0 Å². The monoisotopic (exact) mass is 150 g/mol. The normalized spacial score (nSPS) is 9.64. The maximum atomic E-state index is 10.8. The van der Waals surface area contributed by atoms with Crippen molar-refractivity contribution in [1.82, 2.24) is 4.98 Å². The van der Waals surface area contributed by atoms with Gasteiger partial charge in [0.05, 0.1) is 0 Å². The van der Waals surface area contributed by atoms with Crippen molar-refractivity contribution in [3.05, 3.63) is 29.1 Å². The molecule has 1 aromatic heterocycles. The molecule has 1 rings (SSSR count). The van der Waals surface area contributed by atoms with Crippen LogP contribution in [0, 0.1) is 13.8 Å². The lowest BCUT2D eigenvalue weighted by molar-refractivity contribution is 0.0999. The molecule has 0 atom stereocenters. The van der Waals surface area contributed by atoms with Gasteiger partial charge in [0.1, 0.15) is 0 Å². The Labute approximate surface area is 65.2 Å². The summed E-state index contributed by atoms with van der Waals surface area (Å²) in [6.45, 7) is 3.64. The highest BCUT2D eigenvalue weighted by Crippen LogP contribution is 2.09. The van der Waals surface area contributed by atoms with Crippen molar-refractivity contribution in [1.29, 1.82) is 0 Å². The Hall–Kier alpha value is -1.38. The second-order valence-corrected chi connectivity index (χ2v) is 2.51. The van der Waals surface area contributed by atoms with Gasteiger partial charge in [-0.2, -0.15) is 0 Å². The molecule has 11 heavy (non-hydrogen) atoms. The smallest absolute Gasteiger partial charge is 0.249 e. The molecule has 3 nitrogen and oxygen atoms in total. The molecule has 0 saturated carbocycles. The second kappa shape index (κ2) is 2.70. The molecule has 2 N–H and O–H groups in total. The molecule has 0 unspecified atom stereocenters. The fourth-order valence-electron chi connectivity index (χ4n) is 1.09. The number of hydrogen-bond donors (Lipinski definition) is 1. The first-order chi connectivity index (χ1) is 5.13. The lowest BCUT2D eigenvalue weighted by Crippen LogP contribution is -2.14. The van der Waals surface area contributed by atoms with Crippen LogP contribution in [0.5, 0.6) is 0 Å². The van der Waals surface area contributed by atoms with Crippen molar-refractivity contribution < 1.29 is 4.79 Å². The van der Waals surface area contributed by atoms with Gasteiger partial charge in [0.15, 0.2) is 0 Å². The molecule has 0 aliphatic carbocycles. The van der Waals surface area contributed by atoms with E-state index >= 15 is 0 Å². The first-order valence-corrected chi connectivity index (χ1v) is 3.34. The lowest BCUT2D eigenvalue weighted by Gasteiger charge is -2.02. The zero-order valence-electron chi connectivity index (χ0n) is 6.59. The summed E-state index contributed by atoms with van der Waals surface area (Å²) in [5, 5.41) is 0. The number of nitrogens with two attached hydrogens (primary N) is 1. The van der Waals surface area contributed by atoms with Crippen LogP contribution in [0.4, 0.5) is 0 Å². The third-order valence-corrected chi connectivity index (χ3v) is 1.57. The number of hydrogen-bond acceptors (Lipinski definition) is 2. The Bertz CT molecular complexity index is 274. The summed E-state index contributed by atoms with van der Waals surface area (Å²) in [7, 11) is 0. The third-order valence-electron chi connectivity index (χ3n) is 1.57. The molecule has 0 saturated heterocycles. The highest BCUT2D eigenvalue weighted by molar-refractivity contribution is 5.95. The summed E-state index contributed by atoms with van der Waals surface area (Å²) in [5.74, 6) is -0.387. The van der Waals surface area contributed by atoms with Gasteiger partial charge in [-0.25, -0.2) is 0 Å². The van der Waals surface area contributed by atoms with Gasteiger partial charge in [-0.1, -0.05) is 0 Å². The number of carbonyl (C=O) groups is 1. The van der Waals surface area contributed by atoms with Crippen LogP contribution >= 0.6 is 0 Å². The van der Waals surface area contributed by atoms with Crippen LogP contribution in [-0.4, -0.2) is 10.9 Å². The fraction of sp³-hybridized carbons (Fsp3) is 0.250. The molecule has 0 aliphatic rings. The van der Waals surface area contributed by atoms with Gasteiger partial charge >= 0.3 is 0 Å². The van der Waals surface area contributed by atoms with E-state index in [4.69, 9.17) is 5.73 Å². The predicted octanol–water partition coefficient (Wildman–Crippen LogP) is 0.797. The quantitative estimate of drug-likeness (QED) is 0.643. The molecule has 0 aromatic carbocycles. The van der Waals surface area contributed by atoms with Crippen molar-refractivity contribution in [3.8, 4) is 0 Å². The first kappa shape index (κ1) is 7.72. The van der Waals surface area contributed by atoms with Crippen LogP contribution in [0.1, 0.15) is 21.5 Å². The predicted molar refractivity (Wildman–Crippen MR) is 42.2 cm³/mol. The minimum absolute atomic E-state index is 0.387. The summed E-state index contributed by atoms with van der Waals surface area (Å²) < 4.78 is 0. The molecule has 0 spiro atoms. The van der Waals surface area contributed by atoms with E-state index in [0.29, 0.717) is 5.56 Å². The van der Waals surface area contributed by atoms with Crippen LogP contribution in [0.15, 0.2) is 12.4 Å². The first-order valence-electron chi connectivity index (χ1n) is 3.34. The number of amides is 1. The summed E-state index contributed by atoms with van der Waals surface area (Å²) in [6.07, 6.45) is 3.26. The Kier molecular flexibility index (Phi) is 1.89. The Morgan fingerprint density at radius 3 is 2.09 bits per heavy atom. The van der Waals surface area contributed by atoms with Crippen molar-refractivity contribution in [3.63, 3.8) is 0 Å². The molecule has 0 aliphatic heterocycles. The maximum absolute atomic E-state index is 10.8. The Balaban J connectivity index is 3.32. The summed E-state index contributed by atoms with van der Waals surface area (Å²) >= 11 is 0. The SMILES string of the molecule is Cc1cncc(C)c1C(N)=O. The second-order valence-electron chi connectivity index (χ2n) is 2.51. The highest BCUT2D eigenvalue weighted by Gasteiger charge is 2.06. The largest absolute Gasteiger partial charge is 0.366 e. The van der Waals surface area contributed by atoms with Crippen LogP contribution < -0.4 is 5.73 Å². The number of aryl methyl sites for hydroxylation is 2. The molecule has 3 heteroatoms. The lowest BCUT2D eigenvalue weighted by atomic mass is 10.1. The van der Waals surface area contributed by atoms with Gasteiger partial charge in [0.2, 0.25) is 5.91 Å². The van der Waals surface area contributed by atoms with E-state index in [1.165, 1.54) is 0 Å². The van der Waals surface area contributed by atoms with Crippen molar-refractivity contribution in [2.24, 2.45) is 5.73 Å². The van der Waals surface area contributed by atoms with Crippen molar-refractivity contribution in [2.45, 2.75) is 13.8 Å². The van der Waals surface area contributed by atoms with Gasteiger partial charge < -0.3 is 5.73 Å². The zero-order valence-corrected chi connectivity index (χ0v) is 6.59. The van der Waals surface area contributed by atoms with E-state index in [-0.39, 0.29) is 5.91 Å². The average Bonchev–Trinajstić information content (AvgIpc) is 1.85. The van der Waals surface area contributed by atoms with Crippen LogP contribution in [0.25, 0.3) is 0 Å². The summed E-state index contributed by atoms with van der Waals surface area (Å²) in [6, 6.07) is 0. The number of nitrogens with zero attached hydrogens (tertiary/aromatic N) is 1. The van der Waals surface area contributed by atoms with Crippen LogP contribution in [0.3, 0.4) is 0 Å². The van der Waals surface area contributed by atoms with E-state index in [0.717, 1.165) is 11.1 Å². The number of aromatic nitrogens is 1. The molecule has 1 heterocycles. The van der Waals surface area contributed by atoms with Gasteiger partial charge in [-0.3, -0.25) is 9.78 Å². The topological polar surface area (TPSA) is 56.0 Å². The molecular weight excluding hydrogens is 140 g/mol. The number of rotatable bonds is 1. The Morgan fingerprint density at radius 2 is 1.82 bits per heavy atom. The van der Waals surface area contributed by atoms with Gasteiger partial charge in [-0.05, 0) is 25.0 Å². The van der Waals surface area contributed by atoms with E-state index in [1.807, 2.05) is 13.8 Å². The minimum Gasteiger partial charge on any atom is -0.366 e. The van der Waals surface area contributed by atoms with Crippen molar-refractivity contribution >= 4 is 5.91 Å². The molecule has 1 aromatic rings. The van der Waals surface area contributed by atoms with E-state index in [9.17, 15) is 4.79 Å². The van der Waals surface area contributed by atoms with Gasteiger partial charge in [0, 0.05) is 18.0 Å². The van der Waals surface area contributed by atoms with Crippen LogP contribution in [0.2, 0.25) is 0 Å². The molecule has 58 valence electrons. The van der Waals surface area contributed by atoms with Crippen LogP contribution in [-0.2, 0) is 0 Å². The van der Waals surface area contributed by atoms with E-state index in [1.54, 1.807) is 12.4 Å². The molecular formula is C8H10N2O. The molecule has 0 radical (unpaired) electrons. The van der Waals surface area contributed by atoms with E-state index in [2.05, 4.69) is 4.98 Å². The van der Waals surface area contributed by atoms with E-state index < -0.39 is 0 Å². The Morgan fingerprint density at radius 1 is 1.36 bits per heavy atom.